The second-order valence-electron chi connectivity index (χ2n) is 5.17. The van der Waals surface area contributed by atoms with Gasteiger partial charge in [0.1, 0.15) is 4.90 Å². The summed E-state index contributed by atoms with van der Waals surface area (Å²) >= 11 is 1.29. The molecule has 0 unspecified atom stereocenters. The fourth-order valence-electron chi connectivity index (χ4n) is 2.02. The first kappa shape index (κ1) is 16.0. The van der Waals surface area contributed by atoms with E-state index in [9.17, 15) is 8.42 Å². The zero-order chi connectivity index (χ0) is 15.6. The van der Waals surface area contributed by atoms with Gasteiger partial charge in [-0.3, -0.25) is 4.72 Å². The molecule has 0 bridgehead atoms. The summed E-state index contributed by atoms with van der Waals surface area (Å²) in [5.74, 6) is 0.405. The average molecular weight is 325 g/mol. The molecule has 0 saturated heterocycles. The van der Waals surface area contributed by atoms with Gasteiger partial charge in [-0.1, -0.05) is 26.0 Å². The number of anilines is 1. The maximum atomic E-state index is 12.4. The number of rotatable bonds is 5. The van der Waals surface area contributed by atoms with Gasteiger partial charge in [0, 0.05) is 15.4 Å². The second-order valence-corrected chi connectivity index (χ2v) is 8.17. The van der Waals surface area contributed by atoms with E-state index < -0.39 is 10.0 Å². The Morgan fingerprint density at radius 1 is 1.24 bits per heavy atom. The van der Waals surface area contributed by atoms with E-state index in [0.29, 0.717) is 21.4 Å². The van der Waals surface area contributed by atoms with Crippen molar-refractivity contribution in [3.63, 3.8) is 0 Å². The van der Waals surface area contributed by atoms with Gasteiger partial charge < -0.3 is 5.11 Å². The fraction of sp³-hybridized carbons (Fsp3) is 0.333. The molecule has 0 fully saturated rings. The molecule has 0 atom stereocenters. The topological polar surface area (TPSA) is 66.4 Å². The van der Waals surface area contributed by atoms with E-state index >= 15 is 0 Å². The maximum Gasteiger partial charge on any atom is 0.263 e. The summed E-state index contributed by atoms with van der Waals surface area (Å²) in [5.41, 5.74) is 1.70. The van der Waals surface area contributed by atoms with Crippen LogP contribution in [0.3, 0.4) is 0 Å². The summed E-state index contributed by atoms with van der Waals surface area (Å²) in [6, 6.07) is 8.89. The number of aliphatic hydroxyl groups is 1. The molecule has 1 aromatic carbocycles. The molecule has 0 saturated carbocycles. The first-order valence-electron chi connectivity index (χ1n) is 6.66. The molecule has 0 aliphatic carbocycles. The van der Waals surface area contributed by atoms with Crippen LogP contribution in [-0.2, 0) is 16.6 Å². The van der Waals surface area contributed by atoms with Gasteiger partial charge in [0.15, 0.2) is 0 Å². The summed E-state index contributed by atoms with van der Waals surface area (Å²) in [6.45, 7) is 5.76. The molecular weight excluding hydrogens is 306 g/mol. The first-order valence-corrected chi connectivity index (χ1v) is 8.96. The summed E-state index contributed by atoms with van der Waals surface area (Å²) < 4.78 is 27.3. The van der Waals surface area contributed by atoms with E-state index in [4.69, 9.17) is 5.11 Å². The number of hydrogen-bond donors (Lipinski definition) is 2. The zero-order valence-electron chi connectivity index (χ0n) is 12.3. The lowest BCUT2D eigenvalue weighted by Gasteiger charge is -2.10. The molecule has 4 nitrogen and oxygen atoms in total. The van der Waals surface area contributed by atoms with Crippen molar-refractivity contribution in [3.8, 4) is 0 Å². The van der Waals surface area contributed by atoms with Crippen LogP contribution < -0.4 is 4.72 Å². The lowest BCUT2D eigenvalue weighted by atomic mass is 10.0. The van der Waals surface area contributed by atoms with Crippen molar-refractivity contribution < 1.29 is 13.5 Å². The SMILES string of the molecule is Cc1sc(CO)cc1S(=O)(=O)Nc1ccc(C(C)C)cc1. The number of hydrogen-bond acceptors (Lipinski definition) is 4. The number of benzene rings is 1. The predicted octanol–water partition coefficient (Wildman–Crippen LogP) is 3.47. The van der Waals surface area contributed by atoms with Crippen molar-refractivity contribution >= 4 is 27.0 Å². The molecule has 1 aromatic heterocycles. The molecule has 21 heavy (non-hydrogen) atoms. The predicted molar refractivity (Wildman–Crippen MR) is 86.3 cm³/mol. The number of aryl methyl sites for hydroxylation is 1. The minimum absolute atomic E-state index is 0.149. The van der Waals surface area contributed by atoms with Gasteiger partial charge in [-0.05, 0) is 36.6 Å². The molecular formula is C15H19NO3S2. The molecule has 2 N–H and O–H groups in total. The summed E-state index contributed by atoms with van der Waals surface area (Å²) in [5, 5.41) is 9.11. The number of nitrogens with one attached hydrogen (secondary N) is 1. The van der Waals surface area contributed by atoms with Crippen molar-refractivity contribution in [1.29, 1.82) is 0 Å². The third-order valence-corrected chi connectivity index (χ3v) is 5.87. The van der Waals surface area contributed by atoms with E-state index in [-0.39, 0.29) is 11.5 Å². The molecule has 0 spiro atoms. The molecule has 2 rings (SSSR count). The Bertz CT molecular complexity index is 716. The highest BCUT2D eigenvalue weighted by Crippen LogP contribution is 2.27. The number of aliphatic hydroxyl groups excluding tert-OH is 1. The van der Waals surface area contributed by atoms with E-state index in [1.54, 1.807) is 19.1 Å². The van der Waals surface area contributed by atoms with Crippen molar-refractivity contribution in [2.75, 3.05) is 4.72 Å². The van der Waals surface area contributed by atoms with Gasteiger partial charge in [-0.2, -0.15) is 0 Å². The van der Waals surface area contributed by atoms with E-state index in [0.717, 1.165) is 5.56 Å². The highest BCUT2D eigenvalue weighted by atomic mass is 32.2. The Labute approximate surface area is 129 Å². The van der Waals surface area contributed by atoms with E-state index in [1.165, 1.54) is 17.4 Å². The van der Waals surface area contributed by atoms with Crippen LogP contribution in [0.4, 0.5) is 5.69 Å². The van der Waals surface area contributed by atoms with Gasteiger partial charge in [-0.25, -0.2) is 8.42 Å². The van der Waals surface area contributed by atoms with Crippen LogP contribution in [0, 0.1) is 6.92 Å². The average Bonchev–Trinajstić information content (AvgIpc) is 2.81. The largest absolute Gasteiger partial charge is 0.391 e. The Morgan fingerprint density at radius 3 is 2.33 bits per heavy atom. The molecule has 0 aliphatic rings. The van der Waals surface area contributed by atoms with Crippen molar-refractivity contribution in [2.24, 2.45) is 0 Å². The van der Waals surface area contributed by atoms with Crippen LogP contribution in [0.25, 0.3) is 0 Å². The van der Waals surface area contributed by atoms with E-state index in [2.05, 4.69) is 18.6 Å². The molecule has 0 amide bonds. The molecule has 1 heterocycles. The highest BCUT2D eigenvalue weighted by molar-refractivity contribution is 7.93. The van der Waals surface area contributed by atoms with Gasteiger partial charge in [-0.15, -0.1) is 11.3 Å². The van der Waals surface area contributed by atoms with E-state index in [1.807, 2.05) is 12.1 Å². The smallest absolute Gasteiger partial charge is 0.263 e. The van der Waals surface area contributed by atoms with Crippen LogP contribution >= 0.6 is 11.3 Å². The minimum Gasteiger partial charge on any atom is -0.391 e. The van der Waals surface area contributed by atoms with Crippen LogP contribution in [-0.4, -0.2) is 13.5 Å². The first-order chi connectivity index (χ1) is 9.83. The summed E-state index contributed by atoms with van der Waals surface area (Å²) in [4.78, 5) is 1.54. The fourth-order valence-corrected chi connectivity index (χ4v) is 4.57. The Morgan fingerprint density at radius 2 is 1.86 bits per heavy atom. The number of sulfonamides is 1. The maximum absolute atomic E-state index is 12.4. The monoisotopic (exact) mass is 325 g/mol. The Balaban J connectivity index is 2.26. The minimum atomic E-state index is -3.62. The van der Waals surface area contributed by atoms with Gasteiger partial charge in [0.2, 0.25) is 0 Å². The van der Waals surface area contributed by atoms with Crippen LogP contribution in [0.5, 0.6) is 0 Å². The van der Waals surface area contributed by atoms with Gasteiger partial charge in [0.25, 0.3) is 10.0 Å². The molecule has 2 aromatic rings. The van der Waals surface area contributed by atoms with Gasteiger partial charge in [0.05, 0.1) is 6.61 Å². The zero-order valence-corrected chi connectivity index (χ0v) is 13.9. The van der Waals surface area contributed by atoms with Crippen LogP contribution in [0.1, 0.15) is 35.1 Å². The lowest BCUT2D eigenvalue weighted by molar-refractivity contribution is 0.285. The highest BCUT2D eigenvalue weighted by Gasteiger charge is 2.20. The third-order valence-electron chi connectivity index (χ3n) is 3.20. The molecule has 0 radical (unpaired) electrons. The Kier molecular flexibility index (Phi) is 4.70. The Hall–Kier alpha value is -1.37. The van der Waals surface area contributed by atoms with Gasteiger partial charge >= 0.3 is 0 Å². The molecule has 0 aliphatic heterocycles. The van der Waals surface area contributed by atoms with Crippen molar-refractivity contribution in [2.45, 2.75) is 38.2 Å². The lowest BCUT2D eigenvalue weighted by Crippen LogP contribution is -2.13. The van der Waals surface area contributed by atoms with Crippen LogP contribution in [0.2, 0.25) is 0 Å². The van der Waals surface area contributed by atoms with Crippen molar-refractivity contribution in [1.82, 2.24) is 0 Å². The molecule has 114 valence electrons. The quantitative estimate of drug-likeness (QED) is 0.884. The third kappa shape index (κ3) is 3.64. The standard InChI is InChI=1S/C15H19NO3S2/c1-10(2)12-4-6-13(7-5-12)16-21(18,19)15-8-14(9-17)20-11(15)3/h4-8,10,16-17H,9H2,1-3H3. The second kappa shape index (κ2) is 6.17. The summed E-state index contributed by atoms with van der Waals surface area (Å²) in [7, 11) is -3.62. The van der Waals surface area contributed by atoms with Crippen LogP contribution in [0.15, 0.2) is 35.2 Å². The summed E-state index contributed by atoms with van der Waals surface area (Å²) in [6.07, 6.45) is 0. The normalized spacial score (nSPS) is 11.9. The number of thiophene rings is 1. The molecule has 6 heteroatoms. The van der Waals surface area contributed by atoms with Crippen molar-refractivity contribution in [3.05, 3.63) is 45.6 Å².